The monoisotopic (exact) mass is 434 g/mol. The van der Waals surface area contributed by atoms with E-state index in [4.69, 9.17) is 9.47 Å². The Bertz CT molecular complexity index is 785. The molecule has 1 aromatic carbocycles. The largest absolute Gasteiger partial charge is 0.466 e. The van der Waals surface area contributed by atoms with Crippen molar-refractivity contribution >= 4 is 29.4 Å². The molecule has 1 atom stereocenters. The van der Waals surface area contributed by atoms with Crippen molar-refractivity contribution in [2.45, 2.75) is 25.8 Å². The Morgan fingerprint density at radius 2 is 2.06 bits per heavy atom. The van der Waals surface area contributed by atoms with Gasteiger partial charge in [-0.2, -0.15) is 0 Å². The van der Waals surface area contributed by atoms with Crippen LogP contribution >= 0.6 is 0 Å². The molecule has 0 bridgehead atoms. The van der Waals surface area contributed by atoms with E-state index in [1.165, 1.54) is 0 Å². The summed E-state index contributed by atoms with van der Waals surface area (Å²) >= 11 is 0. The maximum atomic E-state index is 12.6. The number of nitrogens with one attached hydrogen (secondary N) is 3. The van der Waals surface area contributed by atoms with E-state index in [0.29, 0.717) is 50.5 Å². The summed E-state index contributed by atoms with van der Waals surface area (Å²) in [7, 11) is 1.55. The summed E-state index contributed by atoms with van der Waals surface area (Å²) in [6.07, 6.45) is 0.578. The van der Waals surface area contributed by atoms with Gasteiger partial charge in [0.05, 0.1) is 26.2 Å². The highest BCUT2D eigenvalue weighted by Crippen LogP contribution is 2.13. The molecule has 0 spiro atoms. The minimum absolute atomic E-state index is 0.0661. The standard InChI is InChI=1S/C21H30N4O6/c1-3-10-31-19(27)13-17-21(29)22-7-9-25(17)14-18(26)24-16-6-4-5-15(12-16)20(28)23-8-11-30-2/h4-6,12,17H,3,7-11,13-14H2,1-2H3,(H,22,29)(H,23,28)(H,24,26). The molecular formula is C21H30N4O6. The fourth-order valence-corrected chi connectivity index (χ4v) is 3.10. The predicted molar refractivity (Wildman–Crippen MR) is 114 cm³/mol. The Kier molecular flexibility index (Phi) is 9.92. The number of benzene rings is 1. The van der Waals surface area contributed by atoms with Crippen LogP contribution in [0.15, 0.2) is 24.3 Å². The van der Waals surface area contributed by atoms with Gasteiger partial charge in [0.15, 0.2) is 0 Å². The molecule has 10 heteroatoms. The van der Waals surface area contributed by atoms with E-state index in [1.54, 1.807) is 36.3 Å². The molecule has 2 rings (SSSR count). The predicted octanol–water partition coefficient (Wildman–Crippen LogP) is 0.145. The van der Waals surface area contributed by atoms with E-state index < -0.39 is 12.0 Å². The van der Waals surface area contributed by atoms with E-state index in [2.05, 4.69) is 16.0 Å². The van der Waals surface area contributed by atoms with Crippen LogP contribution in [0.1, 0.15) is 30.1 Å². The summed E-state index contributed by atoms with van der Waals surface area (Å²) in [5.74, 6) is -1.39. The third-order valence-corrected chi connectivity index (χ3v) is 4.62. The van der Waals surface area contributed by atoms with Crippen molar-refractivity contribution in [3.8, 4) is 0 Å². The molecule has 31 heavy (non-hydrogen) atoms. The van der Waals surface area contributed by atoms with Gasteiger partial charge in [-0.15, -0.1) is 0 Å². The van der Waals surface area contributed by atoms with Gasteiger partial charge in [-0.1, -0.05) is 13.0 Å². The van der Waals surface area contributed by atoms with Crippen LogP contribution in [0.2, 0.25) is 0 Å². The topological polar surface area (TPSA) is 126 Å². The lowest BCUT2D eigenvalue weighted by atomic mass is 10.1. The fourth-order valence-electron chi connectivity index (χ4n) is 3.10. The van der Waals surface area contributed by atoms with Crippen molar-refractivity contribution in [3.63, 3.8) is 0 Å². The molecule has 0 saturated carbocycles. The number of hydrogen-bond donors (Lipinski definition) is 3. The number of carbonyl (C=O) groups is 4. The first-order valence-electron chi connectivity index (χ1n) is 10.3. The van der Waals surface area contributed by atoms with Gasteiger partial charge in [0.25, 0.3) is 5.91 Å². The summed E-state index contributed by atoms with van der Waals surface area (Å²) < 4.78 is 9.97. The number of methoxy groups -OCH3 is 1. The average molecular weight is 434 g/mol. The highest BCUT2D eigenvalue weighted by atomic mass is 16.5. The molecule has 1 fully saturated rings. The molecule has 0 aromatic heterocycles. The number of hydrogen-bond acceptors (Lipinski definition) is 7. The maximum Gasteiger partial charge on any atom is 0.307 e. The van der Waals surface area contributed by atoms with Crippen LogP contribution in [0, 0.1) is 0 Å². The molecule has 1 aromatic rings. The number of esters is 1. The van der Waals surface area contributed by atoms with Gasteiger partial charge >= 0.3 is 5.97 Å². The summed E-state index contributed by atoms with van der Waals surface area (Å²) in [5, 5.41) is 8.17. The van der Waals surface area contributed by atoms with Crippen molar-refractivity contribution < 1.29 is 28.7 Å². The number of carbonyl (C=O) groups excluding carboxylic acids is 4. The number of anilines is 1. The zero-order chi connectivity index (χ0) is 22.6. The van der Waals surface area contributed by atoms with E-state index >= 15 is 0 Å². The molecular weight excluding hydrogens is 404 g/mol. The van der Waals surface area contributed by atoms with Crippen LogP contribution < -0.4 is 16.0 Å². The van der Waals surface area contributed by atoms with Crippen LogP contribution in [0.3, 0.4) is 0 Å². The first-order valence-corrected chi connectivity index (χ1v) is 10.3. The summed E-state index contributed by atoms with van der Waals surface area (Å²) in [6.45, 7) is 3.72. The van der Waals surface area contributed by atoms with E-state index in [-0.39, 0.29) is 30.7 Å². The lowest BCUT2D eigenvalue weighted by Gasteiger charge is -2.33. The summed E-state index contributed by atoms with van der Waals surface area (Å²) in [6, 6.07) is 5.79. The van der Waals surface area contributed by atoms with Crippen LogP contribution in [0.4, 0.5) is 5.69 Å². The van der Waals surface area contributed by atoms with Crippen molar-refractivity contribution in [2.75, 3.05) is 51.8 Å². The third-order valence-electron chi connectivity index (χ3n) is 4.62. The molecule has 3 N–H and O–H groups in total. The minimum atomic E-state index is -0.762. The highest BCUT2D eigenvalue weighted by Gasteiger charge is 2.33. The van der Waals surface area contributed by atoms with Crippen molar-refractivity contribution in [3.05, 3.63) is 29.8 Å². The molecule has 3 amide bonds. The van der Waals surface area contributed by atoms with Crippen molar-refractivity contribution in [2.24, 2.45) is 0 Å². The zero-order valence-corrected chi connectivity index (χ0v) is 17.9. The average Bonchev–Trinajstić information content (AvgIpc) is 2.75. The molecule has 1 saturated heterocycles. The molecule has 0 aliphatic carbocycles. The molecule has 1 aliphatic heterocycles. The second-order valence-corrected chi connectivity index (χ2v) is 7.08. The van der Waals surface area contributed by atoms with Gasteiger partial charge < -0.3 is 25.4 Å². The number of ether oxygens (including phenoxy) is 2. The van der Waals surface area contributed by atoms with Crippen LogP contribution in [0.5, 0.6) is 0 Å². The Labute approximate surface area is 181 Å². The normalized spacial score (nSPS) is 16.3. The van der Waals surface area contributed by atoms with Crippen LogP contribution in [0.25, 0.3) is 0 Å². The number of rotatable bonds is 11. The number of nitrogens with zero attached hydrogens (tertiary/aromatic N) is 1. The Balaban J connectivity index is 1.95. The van der Waals surface area contributed by atoms with Crippen LogP contribution in [-0.2, 0) is 23.9 Å². The fraction of sp³-hybridized carbons (Fsp3) is 0.524. The van der Waals surface area contributed by atoms with Gasteiger partial charge in [0, 0.05) is 38.0 Å². The molecule has 10 nitrogen and oxygen atoms in total. The number of amides is 3. The summed E-state index contributed by atoms with van der Waals surface area (Å²) in [5.41, 5.74) is 0.868. The Morgan fingerprint density at radius 1 is 1.26 bits per heavy atom. The van der Waals surface area contributed by atoms with Crippen molar-refractivity contribution in [1.29, 1.82) is 0 Å². The van der Waals surface area contributed by atoms with Gasteiger partial charge in [-0.05, 0) is 24.6 Å². The molecule has 1 aliphatic rings. The second-order valence-electron chi connectivity index (χ2n) is 7.08. The van der Waals surface area contributed by atoms with Crippen molar-refractivity contribution in [1.82, 2.24) is 15.5 Å². The molecule has 1 heterocycles. The second kappa shape index (κ2) is 12.7. The molecule has 170 valence electrons. The molecule has 1 unspecified atom stereocenters. The third kappa shape index (κ3) is 7.99. The van der Waals surface area contributed by atoms with E-state index in [1.807, 2.05) is 6.92 Å². The highest BCUT2D eigenvalue weighted by molar-refractivity contribution is 5.98. The van der Waals surface area contributed by atoms with Gasteiger partial charge in [0.1, 0.15) is 6.04 Å². The lowest BCUT2D eigenvalue weighted by Crippen LogP contribution is -2.57. The van der Waals surface area contributed by atoms with E-state index in [9.17, 15) is 19.2 Å². The van der Waals surface area contributed by atoms with Gasteiger partial charge in [-0.3, -0.25) is 24.1 Å². The maximum absolute atomic E-state index is 12.6. The Hall–Kier alpha value is -2.98. The summed E-state index contributed by atoms with van der Waals surface area (Å²) in [4.78, 5) is 50.6. The van der Waals surface area contributed by atoms with Gasteiger partial charge in [-0.25, -0.2) is 0 Å². The van der Waals surface area contributed by atoms with Crippen LogP contribution in [-0.4, -0.2) is 81.1 Å². The quantitative estimate of drug-likeness (QED) is 0.334. The molecule has 0 radical (unpaired) electrons. The lowest BCUT2D eigenvalue weighted by molar-refractivity contribution is -0.148. The SMILES string of the molecule is CCCOC(=O)CC1C(=O)NCCN1CC(=O)Nc1cccc(C(=O)NCCOC)c1. The smallest absolute Gasteiger partial charge is 0.307 e. The minimum Gasteiger partial charge on any atom is -0.466 e. The van der Waals surface area contributed by atoms with Gasteiger partial charge in [0.2, 0.25) is 11.8 Å². The first kappa shape index (κ1) is 24.3. The zero-order valence-electron chi connectivity index (χ0n) is 17.9. The first-order chi connectivity index (χ1) is 14.9. The Morgan fingerprint density at radius 3 is 2.81 bits per heavy atom. The van der Waals surface area contributed by atoms with E-state index in [0.717, 1.165) is 0 Å². The number of piperazine rings is 1.